The van der Waals surface area contributed by atoms with Gasteiger partial charge in [0.15, 0.2) is 0 Å². The van der Waals surface area contributed by atoms with Crippen LogP contribution in [0.2, 0.25) is 5.02 Å². The molecule has 0 radical (unpaired) electrons. The van der Waals surface area contributed by atoms with Gasteiger partial charge in [-0.3, -0.25) is 4.99 Å². The molecule has 0 fully saturated rings. The predicted octanol–water partition coefficient (Wildman–Crippen LogP) is 2.96. The van der Waals surface area contributed by atoms with E-state index in [1.165, 1.54) is 5.56 Å². The van der Waals surface area contributed by atoms with Gasteiger partial charge >= 0.3 is 0 Å². The van der Waals surface area contributed by atoms with Crippen LogP contribution in [0.1, 0.15) is 11.1 Å². The average molecular weight is 288 g/mol. The van der Waals surface area contributed by atoms with Crippen LogP contribution in [0, 0.1) is 6.92 Å². The zero-order chi connectivity index (χ0) is 10.8. The van der Waals surface area contributed by atoms with Crippen molar-refractivity contribution in [1.29, 1.82) is 0 Å². The molecule has 0 unspecified atom stereocenters. The lowest BCUT2D eigenvalue weighted by atomic mass is 10.1. The zero-order valence-electron chi connectivity index (χ0n) is 8.48. The molecular formula is C11H12BrClN2. The van der Waals surface area contributed by atoms with Gasteiger partial charge in [-0.15, -0.1) is 0 Å². The normalized spacial score (nSPS) is 15.0. The largest absolute Gasteiger partial charge is 0.372 e. The van der Waals surface area contributed by atoms with Gasteiger partial charge in [0.2, 0.25) is 0 Å². The molecule has 2 nitrogen and oxygen atoms in total. The molecular weight excluding hydrogens is 275 g/mol. The van der Waals surface area contributed by atoms with Crippen molar-refractivity contribution in [3.63, 3.8) is 0 Å². The predicted molar refractivity (Wildman–Crippen MR) is 67.9 cm³/mol. The number of nitrogens with zero attached hydrogens (tertiary/aromatic N) is 1. The third-order valence-electron chi connectivity index (χ3n) is 2.46. The highest BCUT2D eigenvalue weighted by molar-refractivity contribution is 9.10. The Kier molecular flexibility index (Phi) is 3.32. The fourth-order valence-electron chi connectivity index (χ4n) is 1.57. The van der Waals surface area contributed by atoms with Crippen molar-refractivity contribution in [2.45, 2.75) is 13.3 Å². The molecule has 15 heavy (non-hydrogen) atoms. The van der Waals surface area contributed by atoms with Crippen molar-refractivity contribution in [3.8, 4) is 0 Å². The smallest absolute Gasteiger partial charge is 0.101 e. The van der Waals surface area contributed by atoms with Crippen LogP contribution in [0.15, 0.2) is 21.6 Å². The minimum atomic E-state index is 0.797. The number of benzene rings is 1. The van der Waals surface area contributed by atoms with Crippen LogP contribution in [0.5, 0.6) is 0 Å². The van der Waals surface area contributed by atoms with Crippen LogP contribution >= 0.6 is 27.5 Å². The van der Waals surface area contributed by atoms with E-state index < -0.39 is 0 Å². The number of hydrogen-bond acceptors (Lipinski definition) is 2. The van der Waals surface area contributed by atoms with Gasteiger partial charge in [-0.2, -0.15) is 0 Å². The maximum absolute atomic E-state index is 6.16. The van der Waals surface area contributed by atoms with Crippen molar-refractivity contribution < 1.29 is 0 Å². The van der Waals surface area contributed by atoms with Crippen LogP contribution in [0.4, 0.5) is 0 Å². The summed E-state index contributed by atoms with van der Waals surface area (Å²) in [5, 5.41) is 4.05. The molecule has 1 N–H and O–H groups in total. The Morgan fingerprint density at radius 2 is 2.33 bits per heavy atom. The summed E-state index contributed by atoms with van der Waals surface area (Å²) in [5.74, 6) is 1.05. The first-order valence-corrected chi connectivity index (χ1v) is 6.06. The minimum Gasteiger partial charge on any atom is -0.372 e. The third kappa shape index (κ3) is 2.34. The number of aliphatic imine (C=N–C) groups is 1. The molecule has 2 rings (SSSR count). The first kappa shape index (κ1) is 11.0. The topological polar surface area (TPSA) is 24.4 Å². The molecule has 0 aromatic heterocycles. The maximum Gasteiger partial charge on any atom is 0.101 e. The Hall–Kier alpha value is -0.540. The molecule has 1 aromatic carbocycles. The van der Waals surface area contributed by atoms with E-state index in [4.69, 9.17) is 11.6 Å². The lowest BCUT2D eigenvalue weighted by Crippen LogP contribution is -2.20. The number of aryl methyl sites for hydroxylation is 1. The molecule has 0 bridgehead atoms. The lowest BCUT2D eigenvalue weighted by Gasteiger charge is -2.08. The summed E-state index contributed by atoms with van der Waals surface area (Å²) in [6.07, 6.45) is 0.820. The molecule has 1 aliphatic heterocycles. The molecule has 80 valence electrons. The van der Waals surface area contributed by atoms with E-state index in [9.17, 15) is 0 Å². The van der Waals surface area contributed by atoms with Crippen LogP contribution in [-0.4, -0.2) is 18.9 Å². The Morgan fingerprint density at radius 3 is 3.00 bits per heavy atom. The van der Waals surface area contributed by atoms with Gasteiger partial charge in [0, 0.05) is 17.4 Å². The van der Waals surface area contributed by atoms with E-state index in [0.29, 0.717) is 0 Å². The molecule has 1 aliphatic rings. The van der Waals surface area contributed by atoms with E-state index in [-0.39, 0.29) is 0 Å². The Bertz CT molecular complexity index is 415. The molecule has 1 aromatic rings. The molecule has 1 heterocycles. The van der Waals surface area contributed by atoms with Crippen LogP contribution in [-0.2, 0) is 6.42 Å². The number of nitrogens with one attached hydrogen (secondary N) is 1. The van der Waals surface area contributed by atoms with E-state index in [2.05, 4.69) is 32.3 Å². The molecule has 0 saturated carbocycles. The molecule has 0 amide bonds. The number of amidine groups is 1. The highest BCUT2D eigenvalue weighted by Crippen LogP contribution is 2.29. The third-order valence-corrected chi connectivity index (χ3v) is 4.08. The van der Waals surface area contributed by atoms with Crippen molar-refractivity contribution >= 4 is 33.4 Å². The second-order valence-electron chi connectivity index (χ2n) is 3.60. The van der Waals surface area contributed by atoms with Gasteiger partial charge < -0.3 is 5.32 Å². The van der Waals surface area contributed by atoms with Crippen molar-refractivity contribution in [1.82, 2.24) is 5.32 Å². The number of hydrogen-bond donors (Lipinski definition) is 1. The van der Waals surface area contributed by atoms with Gasteiger partial charge in [0.05, 0.1) is 11.6 Å². The fourth-order valence-corrected chi connectivity index (χ4v) is 2.34. The highest BCUT2D eigenvalue weighted by Gasteiger charge is 2.11. The summed E-state index contributed by atoms with van der Waals surface area (Å²) in [4.78, 5) is 4.37. The molecule has 0 atom stereocenters. The van der Waals surface area contributed by atoms with E-state index in [1.54, 1.807) is 0 Å². The van der Waals surface area contributed by atoms with Crippen molar-refractivity contribution in [3.05, 3.63) is 32.8 Å². The van der Waals surface area contributed by atoms with E-state index in [1.807, 2.05) is 13.0 Å². The van der Waals surface area contributed by atoms with E-state index >= 15 is 0 Å². The molecule has 0 saturated heterocycles. The fraction of sp³-hybridized carbons (Fsp3) is 0.364. The van der Waals surface area contributed by atoms with Gasteiger partial charge in [0.1, 0.15) is 5.84 Å². The standard InChI is InChI=1S/C11H12BrClN2/c1-7-2-3-8(10(12)11(7)13)6-9-14-4-5-15-9/h2-3H,4-6H2,1H3,(H,14,15). The lowest BCUT2D eigenvalue weighted by molar-refractivity contribution is 0.953. The summed E-state index contributed by atoms with van der Waals surface area (Å²) < 4.78 is 0.987. The SMILES string of the molecule is Cc1ccc(CC2=NCCN2)c(Br)c1Cl. The van der Waals surface area contributed by atoms with Crippen LogP contribution in [0.3, 0.4) is 0 Å². The Morgan fingerprint density at radius 1 is 1.53 bits per heavy atom. The monoisotopic (exact) mass is 286 g/mol. The van der Waals surface area contributed by atoms with Crippen LogP contribution in [0.25, 0.3) is 0 Å². The summed E-state index contributed by atoms with van der Waals surface area (Å²) in [6.45, 7) is 3.83. The van der Waals surface area contributed by atoms with Gasteiger partial charge in [-0.25, -0.2) is 0 Å². The van der Waals surface area contributed by atoms with Crippen molar-refractivity contribution in [2.75, 3.05) is 13.1 Å². The maximum atomic E-state index is 6.16. The highest BCUT2D eigenvalue weighted by atomic mass is 79.9. The Balaban J connectivity index is 2.25. The van der Waals surface area contributed by atoms with Gasteiger partial charge in [0.25, 0.3) is 0 Å². The van der Waals surface area contributed by atoms with Gasteiger partial charge in [-0.05, 0) is 34.0 Å². The zero-order valence-corrected chi connectivity index (χ0v) is 10.8. The summed E-state index contributed by atoms with van der Waals surface area (Å²) in [5.41, 5.74) is 2.27. The number of rotatable bonds is 2. The second kappa shape index (κ2) is 4.54. The first-order chi connectivity index (χ1) is 7.18. The minimum absolute atomic E-state index is 0.797. The quantitative estimate of drug-likeness (QED) is 0.888. The first-order valence-electron chi connectivity index (χ1n) is 4.89. The van der Waals surface area contributed by atoms with Crippen molar-refractivity contribution in [2.24, 2.45) is 4.99 Å². The second-order valence-corrected chi connectivity index (χ2v) is 4.77. The van der Waals surface area contributed by atoms with Gasteiger partial charge in [-0.1, -0.05) is 23.7 Å². The summed E-state index contributed by atoms with van der Waals surface area (Å²) in [6, 6.07) is 4.13. The number of halogens is 2. The van der Waals surface area contributed by atoms with Crippen LogP contribution < -0.4 is 5.32 Å². The Labute approximate surface area is 103 Å². The summed E-state index contributed by atoms with van der Waals surface area (Å²) in [7, 11) is 0. The molecule has 0 spiro atoms. The molecule has 4 heteroatoms. The molecule has 0 aliphatic carbocycles. The van der Waals surface area contributed by atoms with E-state index in [0.717, 1.165) is 40.4 Å². The summed E-state index contributed by atoms with van der Waals surface area (Å²) >= 11 is 9.68. The average Bonchev–Trinajstić information content (AvgIpc) is 2.72.